The number of nitrogens with one attached hydrogen (secondary N) is 2. The molecule has 11 atom stereocenters. The van der Waals surface area contributed by atoms with E-state index in [1.807, 2.05) is 13.8 Å². The molecule has 1 aromatic carbocycles. The monoisotopic (exact) mass is 736 g/mol. The summed E-state index contributed by atoms with van der Waals surface area (Å²) in [6.07, 6.45) is -6.26. The van der Waals surface area contributed by atoms with Gasteiger partial charge in [0.1, 0.15) is 48.4 Å². The number of carbonyl (C=O) groups is 3. The number of unbranched alkanes of at least 4 members (excludes halogenated alkanes) is 1. The van der Waals surface area contributed by atoms with E-state index >= 15 is 0 Å². The van der Waals surface area contributed by atoms with Crippen molar-refractivity contribution in [2.45, 2.75) is 126 Å². The molecule has 3 fully saturated rings. The van der Waals surface area contributed by atoms with Crippen molar-refractivity contribution in [3.8, 4) is 5.75 Å². The lowest BCUT2D eigenvalue weighted by Crippen LogP contribution is -2.60. The van der Waals surface area contributed by atoms with Crippen LogP contribution in [0.1, 0.15) is 64.4 Å². The molecule has 17 heteroatoms. The molecule has 52 heavy (non-hydrogen) atoms. The molecule has 292 valence electrons. The number of nitrogens with two attached hydrogens (primary N) is 2. The Morgan fingerprint density at radius 3 is 2.40 bits per heavy atom. The first-order valence-electron chi connectivity index (χ1n) is 18.1. The molecule has 3 aliphatic rings. The van der Waals surface area contributed by atoms with Gasteiger partial charge in [-0.25, -0.2) is 0 Å². The summed E-state index contributed by atoms with van der Waals surface area (Å²) < 4.78 is 11.7. The van der Waals surface area contributed by atoms with Crippen LogP contribution in [0.15, 0.2) is 29.3 Å². The fourth-order valence-corrected chi connectivity index (χ4v) is 7.33. The summed E-state index contributed by atoms with van der Waals surface area (Å²) in [5.74, 6) is -1.69. The summed E-state index contributed by atoms with van der Waals surface area (Å²) in [7, 11) is 0. The third kappa shape index (κ3) is 10.7. The Bertz CT molecular complexity index is 1360. The molecular weight excluding hydrogens is 680 g/mol. The number of hydrogen-bond acceptors (Lipinski definition) is 12. The predicted molar refractivity (Wildman–Crippen MR) is 187 cm³/mol. The van der Waals surface area contributed by atoms with E-state index in [1.54, 1.807) is 12.1 Å². The van der Waals surface area contributed by atoms with E-state index in [-0.39, 0.29) is 48.7 Å². The van der Waals surface area contributed by atoms with E-state index in [4.69, 9.17) is 20.9 Å². The second-order valence-corrected chi connectivity index (χ2v) is 14.5. The number of aliphatic hydroxyl groups is 5. The van der Waals surface area contributed by atoms with Gasteiger partial charge in [0, 0.05) is 25.6 Å². The van der Waals surface area contributed by atoms with E-state index in [1.165, 1.54) is 17.0 Å². The van der Waals surface area contributed by atoms with Crippen molar-refractivity contribution in [1.82, 2.24) is 15.5 Å². The first kappa shape index (κ1) is 41.2. The Morgan fingerprint density at radius 2 is 1.75 bits per heavy atom. The number of fused-ring (bicyclic) bond motifs is 1. The Balaban J connectivity index is 1.53. The maximum absolute atomic E-state index is 14.6. The lowest BCUT2D eigenvalue weighted by Gasteiger charge is -2.43. The van der Waals surface area contributed by atoms with Crippen molar-refractivity contribution in [3.63, 3.8) is 0 Å². The molecule has 12 N–H and O–H groups in total. The number of carbonyl (C=O) groups excluding carboxylic acids is 3. The highest BCUT2D eigenvalue weighted by atomic mass is 16.7. The molecule has 3 amide bonds. The number of nitrogens with zero attached hydrogens (tertiary/aromatic N) is 2. The van der Waals surface area contributed by atoms with E-state index in [9.17, 15) is 45.0 Å². The maximum atomic E-state index is 14.6. The van der Waals surface area contributed by atoms with Gasteiger partial charge in [-0.3, -0.25) is 19.4 Å². The summed E-state index contributed by atoms with van der Waals surface area (Å²) in [6.45, 7) is 3.90. The van der Waals surface area contributed by atoms with Gasteiger partial charge in [-0.2, -0.15) is 0 Å². The second kappa shape index (κ2) is 19.0. The lowest BCUT2D eigenvalue weighted by molar-refractivity contribution is -0.314. The maximum Gasteiger partial charge on any atom is 0.249 e. The third-order valence-electron chi connectivity index (χ3n) is 10.0. The number of likely N-dealkylation sites (tertiary alicyclic amines) is 1. The molecule has 2 aliphatic heterocycles. The van der Waals surface area contributed by atoms with Gasteiger partial charge in [0.25, 0.3) is 0 Å². The minimum absolute atomic E-state index is 0.0171. The SMILES string of the molecule is CC(C)CC(NC(=O)C(O)Cc1ccc(O)cc1)C(=O)N1C(C(=O)NCCCCN=C(N)N)CC2CCC(OC3OC(CO)C(O)C(O)C3O)CC21. The minimum atomic E-state index is -1.62. The van der Waals surface area contributed by atoms with Crippen molar-refractivity contribution >= 4 is 23.7 Å². The van der Waals surface area contributed by atoms with Crippen molar-refractivity contribution in [2.24, 2.45) is 28.3 Å². The number of phenolic OH excluding ortho intramolecular Hbond substituents is 1. The molecule has 0 spiro atoms. The summed E-state index contributed by atoms with van der Waals surface area (Å²) in [6, 6.07) is 3.64. The van der Waals surface area contributed by atoms with E-state index in [2.05, 4.69) is 15.6 Å². The molecular formula is C35H56N6O11. The van der Waals surface area contributed by atoms with Gasteiger partial charge < -0.3 is 67.1 Å². The Labute approximate surface area is 303 Å². The van der Waals surface area contributed by atoms with Crippen LogP contribution in [-0.2, 0) is 30.3 Å². The number of guanidine groups is 1. The topological polar surface area (TPSA) is 283 Å². The molecule has 2 saturated heterocycles. The summed E-state index contributed by atoms with van der Waals surface area (Å²) >= 11 is 0. The molecule has 4 rings (SSSR count). The average Bonchev–Trinajstić information content (AvgIpc) is 3.48. The van der Waals surface area contributed by atoms with Crippen LogP contribution in [0.4, 0.5) is 0 Å². The largest absolute Gasteiger partial charge is 0.508 e. The van der Waals surface area contributed by atoms with Crippen LogP contribution in [0.25, 0.3) is 0 Å². The first-order chi connectivity index (χ1) is 24.7. The lowest BCUT2D eigenvalue weighted by atomic mass is 9.82. The molecule has 1 aliphatic carbocycles. The Hall–Kier alpha value is -3.58. The van der Waals surface area contributed by atoms with Crippen LogP contribution in [0.2, 0.25) is 0 Å². The highest BCUT2D eigenvalue weighted by molar-refractivity contribution is 5.93. The number of aliphatic hydroxyl groups excluding tert-OH is 5. The molecule has 0 aromatic heterocycles. The summed E-state index contributed by atoms with van der Waals surface area (Å²) in [4.78, 5) is 47.1. The fourth-order valence-electron chi connectivity index (χ4n) is 7.33. The Kier molecular flexibility index (Phi) is 15.0. The molecule has 2 heterocycles. The van der Waals surface area contributed by atoms with E-state index in [0.717, 1.165) is 0 Å². The zero-order valence-electron chi connectivity index (χ0n) is 29.8. The van der Waals surface area contributed by atoms with Gasteiger partial charge in [0.05, 0.1) is 12.7 Å². The van der Waals surface area contributed by atoms with Gasteiger partial charge in [-0.05, 0) is 74.5 Å². The predicted octanol–water partition coefficient (Wildman–Crippen LogP) is -2.05. The third-order valence-corrected chi connectivity index (χ3v) is 10.0. The quantitative estimate of drug-likeness (QED) is 0.0498. The average molecular weight is 737 g/mol. The van der Waals surface area contributed by atoms with Crippen molar-refractivity contribution in [2.75, 3.05) is 19.7 Å². The number of phenols is 1. The van der Waals surface area contributed by atoms with Crippen molar-refractivity contribution < 1.29 is 54.5 Å². The normalized spacial score (nSPS) is 29.9. The number of benzene rings is 1. The van der Waals surface area contributed by atoms with Crippen LogP contribution in [0.3, 0.4) is 0 Å². The minimum Gasteiger partial charge on any atom is -0.508 e. The Morgan fingerprint density at radius 1 is 1.04 bits per heavy atom. The molecule has 1 aromatic rings. The highest BCUT2D eigenvalue weighted by Gasteiger charge is 2.52. The zero-order chi connectivity index (χ0) is 38.1. The number of rotatable bonds is 16. The smallest absolute Gasteiger partial charge is 0.249 e. The summed E-state index contributed by atoms with van der Waals surface area (Å²) in [5.41, 5.74) is 11.4. The van der Waals surface area contributed by atoms with Crippen molar-refractivity contribution in [3.05, 3.63) is 29.8 Å². The van der Waals surface area contributed by atoms with Crippen LogP contribution < -0.4 is 22.1 Å². The van der Waals surface area contributed by atoms with E-state index in [0.29, 0.717) is 50.8 Å². The zero-order valence-corrected chi connectivity index (χ0v) is 29.8. The van der Waals surface area contributed by atoms with Gasteiger partial charge >= 0.3 is 0 Å². The van der Waals surface area contributed by atoms with Crippen LogP contribution in [-0.4, -0.2) is 140 Å². The van der Waals surface area contributed by atoms with Gasteiger partial charge in [0.15, 0.2) is 12.2 Å². The number of amides is 3. The van der Waals surface area contributed by atoms with Crippen LogP contribution in [0.5, 0.6) is 5.75 Å². The number of aromatic hydroxyl groups is 1. The first-order valence-corrected chi connectivity index (χ1v) is 18.1. The van der Waals surface area contributed by atoms with Gasteiger partial charge in [-0.15, -0.1) is 0 Å². The fraction of sp³-hybridized carbons (Fsp3) is 0.714. The van der Waals surface area contributed by atoms with Crippen molar-refractivity contribution in [1.29, 1.82) is 0 Å². The number of ether oxygens (including phenoxy) is 2. The molecule has 11 unspecified atom stereocenters. The molecule has 0 bridgehead atoms. The highest BCUT2D eigenvalue weighted by Crippen LogP contribution is 2.42. The number of aliphatic imine (C=N–C) groups is 1. The molecule has 17 nitrogen and oxygen atoms in total. The second-order valence-electron chi connectivity index (χ2n) is 14.5. The van der Waals surface area contributed by atoms with E-state index < -0.39 is 79.5 Å². The standard InChI is InChI=1S/C35H56N6O11/c1-18(2)13-23(40-32(49)26(44)14-19-5-8-21(43)9-6-19)33(50)41-24-16-22(51-34-30(47)29(46)28(45)27(17-42)52-34)10-7-20(24)15-25(41)31(48)38-11-3-4-12-39-35(36)37/h5-6,8-9,18,20,22-30,34,42-47H,3-4,7,10-17H2,1-2H3,(H,38,48)(H,40,49)(H4,36,37,39). The van der Waals surface area contributed by atoms with Crippen LogP contribution in [0, 0.1) is 11.8 Å². The number of hydrogen-bond donors (Lipinski definition) is 10. The molecule has 1 saturated carbocycles. The van der Waals surface area contributed by atoms with Crippen LogP contribution >= 0.6 is 0 Å². The summed E-state index contributed by atoms with van der Waals surface area (Å²) in [5, 5.41) is 66.8. The molecule has 0 radical (unpaired) electrons. The van der Waals surface area contributed by atoms with Gasteiger partial charge in [-0.1, -0.05) is 26.0 Å². The van der Waals surface area contributed by atoms with Gasteiger partial charge in [0.2, 0.25) is 17.7 Å².